The van der Waals surface area contributed by atoms with Crippen LogP contribution in [0, 0.1) is 6.92 Å². The number of nitrogens with zero attached hydrogens (tertiary/aromatic N) is 4. The van der Waals surface area contributed by atoms with Crippen LogP contribution in [0.3, 0.4) is 0 Å². The number of nitrogens with one attached hydrogen (secondary N) is 1. The molecule has 0 saturated heterocycles. The van der Waals surface area contributed by atoms with Gasteiger partial charge in [-0.1, -0.05) is 29.8 Å². The van der Waals surface area contributed by atoms with Gasteiger partial charge in [-0.15, -0.1) is 0 Å². The third kappa shape index (κ3) is 4.35. The largest absolute Gasteiger partial charge is 0.463 e. The summed E-state index contributed by atoms with van der Waals surface area (Å²) < 4.78 is 12.0. The summed E-state index contributed by atoms with van der Waals surface area (Å²) in [5.41, 5.74) is 3.05. The highest BCUT2D eigenvalue weighted by Crippen LogP contribution is 2.38. The molecule has 30 heavy (non-hydrogen) atoms. The maximum Gasteiger partial charge on any atom is 0.338 e. The Balaban J connectivity index is 2.03. The quantitative estimate of drug-likeness (QED) is 0.518. The van der Waals surface area contributed by atoms with Crippen molar-refractivity contribution < 1.29 is 19.1 Å². The zero-order valence-corrected chi connectivity index (χ0v) is 17.7. The second-order valence-electron chi connectivity index (χ2n) is 6.97. The lowest BCUT2D eigenvalue weighted by atomic mass is 9.94. The number of hydrogen-bond donors (Lipinski definition) is 1. The van der Waals surface area contributed by atoms with Crippen LogP contribution in [0.4, 0.5) is 5.95 Å². The maximum atomic E-state index is 12.9. The maximum absolute atomic E-state index is 12.9. The van der Waals surface area contributed by atoms with Crippen LogP contribution in [0.15, 0.2) is 41.9 Å². The molecule has 0 saturated carbocycles. The topological polar surface area (TPSA) is 98.6 Å². The smallest absolute Gasteiger partial charge is 0.338 e. The minimum atomic E-state index is -0.491. The monoisotopic (exact) mass is 413 g/mol. The summed E-state index contributed by atoms with van der Waals surface area (Å²) in [4.78, 5) is 31.4. The number of allylic oxidation sites excluding steroid dienone is 1. The number of aryl methyl sites for hydroxylation is 1. The van der Waals surface area contributed by atoms with Crippen molar-refractivity contribution in [2.75, 3.05) is 38.3 Å². The van der Waals surface area contributed by atoms with Crippen molar-refractivity contribution in [2.24, 2.45) is 0 Å². The predicted octanol–water partition coefficient (Wildman–Crippen LogP) is 1.60. The van der Waals surface area contributed by atoms with Gasteiger partial charge < -0.3 is 19.7 Å². The summed E-state index contributed by atoms with van der Waals surface area (Å²) >= 11 is 0. The van der Waals surface area contributed by atoms with E-state index in [0.717, 1.165) is 11.1 Å². The van der Waals surface area contributed by atoms with Crippen molar-refractivity contribution >= 4 is 17.8 Å². The number of hydrogen-bond acceptors (Lipinski definition) is 7. The second kappa shape index (κ2) is 9.53. The Morgan fingerprint density at radius 1 is 1.20 bits per heavy atom. The Hall–Kier alpha value is -3.20. The van der Waals surface area contributed by atoms with E-state index >= 15 is 0 Å². The van der Waals surface area contributed by atoms with Crippen molar-refractivity contribution in [3.63, 3.8) is 0 Å². The first kappa shape index (κ1) is 21.5. The first-order chi connectivity index (χ1) is 14.5. The van der Waals surface area contributed by atoms with E-state index in [2.05, 4.69) is 15.4 Å². The molecular weight excluding hydrogens is 386 g/mol. The molecule has 2 heterocycles. The molecule has 1 aromatic carbocycles. The number of rotatable bonds is 8. The van der Waals surface area contributed by atoms with Crippen LogP contribution >= 0.6 is 0 Å². The molecular formula is C21H27N5O4. The van der Waals surface area contributed by atoms with Crippen LogP contribution in [0.2, 0.25) is 0 Å². The summed E-state index contributed by atoms with van der Waals surface area (Å²) in [6, 6.07) is 7.41. The Morgan fingerprint density at radius 3 is 2.60 bits per heavy atom. The van der Waals surface area contributed by atoms with Crippen LogP contribution in [0.1, 0.15) is 31.0 Å². The number of anilines is 1. The van der Waals surface area contributed by atoms with Crippen LogP contribution < -0.4 is 10.2 Å². The minimum Gasteiger partial charge on any atom is -0.463 e. The van der Waals surface area contributed by atoms with Gasteiger partial charge >= 0.3 is 5.97 Å². The molecule has 9 nitrogen and oxygen atoms in total. The number of carbonyl (C=O) groups excluding carboxylic acids is 2. The molecule has 9 heteroatoms. The molecule has 1 unspecified atom stereocenters. The predicted molar refractivity (Wildman–Crippen MR) is 111 cm³/mol. The van der Waals surface area contributed by atoms with Crippen molar-refractivity contribution in [2.45, 2.75) is 26.8 Å². The average molecular weight is 413 g/mol. The van der Waals surface area contributed by atoms with Gasteiger partial charge in [-0.25, -0.2) is 9.48 Å². The number of esters is 1. The average Bonchev–Trinajstić information content (AvgIpc) is 3.20. The molecule has 3 rings (SSSR count). The fourth-order valence-electron chi connectivity index (χ4n) is 3.44. The van der Waals surface area contributed by atoms with Gasteiger partial charge in [0, 0.05) is 19.4 Å². The van der Waals surface area contributed by atoms with E-state index in [9.17, 15) is 9.59 Å². The number of benzene rings is 1. The van der Waals surface area contributed by atoms with Gasteiger partial charge in [0.15, 0.2) is 0 Å². The lowest BCUT2D eigenvalue weighted by Crippen LogP contribution is -2.43. The first-order valence-corrected chi connectivity index (χ1v) is 9.85. The van der Waals surface area contributed by atoms with E-state index in [1.807, 2.05) is 31.2 Å². The van der Waals surface area contributed by atoms with Gasteiger partial charge in [-0.2, -0.15) is 10.1 Å². The Labute approximate surface area is 175 Å². The van der Waals surface area contributed by atoms with E-state index in [1.54, 1.807) is 30.5 Å². The van der Waals surface area contributed by atoms with Gasteiger partial charge in [-0.05, 0) is 26.3 Å². The second-order valence-corrected chi connectivity index (χ2v) is 6.97. The molecule has 0 spiro atoms. The highest BCUT2D eigenvalue weighted by Gasteiger charge is 2.38. The number of methoxy groups -OCH3 is 1. The number of fused-ring (bicyclic) bond motifs is 1. The Kier molecular flexibility index (Phi) is 6.83. The Bertz CT molecular complexity index is 935. The summed E-state index contributed by atoms with van der Waals surface area (Å²) in [5, 5.41) is 7.16. The first-order valence-electron chi connectivity index (χ1n) is 9.85. The standard InChI is InChI=1S/C21H27N5O4/c1-5-30-20(28)18-15(3)25(12-17(27)22-10-11-29-4)21-23-13-24-26(21)19(18)16-8-6-14(2)7-9-16/h6-9,13,19H,5,10-12H2,1-4H3,(H,22,27). The molecule has 0 radical (unpaired) electrons. The zero-order valence-electron chi connectivity index (χ0n) is 17.7. The third-order valence-electron chi connectivity index (χ3n) is 4.93. The van der Waals surface area contributed by atoms with Gasteiger partial charge in [-0.3, -0.25) is 4.79 Å². The summed E-state index contributed by atoms with van der Waals surface area (Å²) in [6.45, 7) is 6.63. The molecule has 0 bridgehead atoms. The molecule has 2 aromatic rings. The number of ether oxygens (including phenoxy) is 2. The fraction of sp³-hybridized carbons (Fsp3) is 0.429. The summed E-state index contributed by atoms with van der Waals surface area (Å²) in [5.74, 6) is -0.155. The van der Waals surface area contributed by atoms with Crippen molar-refractivity contribution in [3.05, 3.63) is 53.0 Å². The van der Waals surface area contributed by atoms with Gasteiger partial charge in [0.1, 0.15) is 18.9 Å². The SMILES string of the molecule is CCOC(=O)C1=C(C)N(CC(=O)NCCOC)c2ncnn2C1c1ccc(C)cc1. The van der Waals surface area contributed by atoms with Crippen LogP contribution in [-0.4, -0.2) is 60.1 Å². The highest BCUT2D eigenvalue weighted by molar-refractivity contribution is 5.93. The molecule has 1 amide bonds. The molecule has 1 aliphatic heterocycles. The molecule has 0 fully saturated rings. The van der Waals surface area contributed by atoms with E-state index < -0.39 is 12.0 Å². The third-order valence-corrected chi connectivity index (χ3v) is 4.93. The van der Waals surface area contributed by atoms with Crippen molar-refractivity contribution in [3.8, 4) is 0 Å². The lowest BCUT2D eigenvalue weighted by Gasteiger charge is -2.35. The molecule has 160 valence electrons. The molecule has 0 aliphatic carbocycles. The van der Waals surface area contributed by atoms with Crippen molar-refractivity contribution in [1.29, 1.82) is 0 Å². The minimum absolute atomic E-state index is 0.00222. The van der Waals surface area contributed by atoms with Crippen molar-refractivity contribution in [1.82, 2.24) is 20.1 Å². The fourth-order valence-corrected chi connectivity index (χ4v) is 3.44. The van der Waals surface area contributed by atoms with E-state index in [0.29, 0.717) is 30.4 Å². The summed E-state index contributed by atoms with van der Waals surface area (Å²) in [7, 11) is 1.57. The van der Waals surface area contributed by atoms with Gasteiger partial charge in [0.05, 0.1) is 18.8 Å². The highest BCUT2D eigenvalue weighted by atomic mass is 16.5. The van der Waals surface area contributed by atoms with Crippen LogP contribution in [0.25, 0.3) is 0 Å². The normalized spacial score (nSPS) is 15.7. The van der Waals surface area contributed by atoms with Crippen LogP contribution in [-0.2, 0) is 19.1 Å². The van der Waals surface area contributed by atoms with Gasteiger partial charge in [0.2, 0.25) is 11.9 Å². The molecule has 1 aromatic heterocycles. The Morgan fingerprint density at radius 2 is 1.93 bits per heavy atom. The number of aromatic nitrogens is 3. The molecule has 1 aliphatic rings. The molecule has 1 N–H and O–H groups in total. The van der Waals surface area contributed by atoms with E-state index in [1.165, 1.54) is 6.33 Å². The van der Waals surface area contributed by atoms with E-state index in [4.69, 9.17) is 9.47 Å². The molecule has 1 atom stereocenters. The van der Waals surface area contributed by atoms with Gasteiger partial charge in [0.25, 0.3) is 0 Å². The van der Waals surface area contributed by atoms with E-state index in [-0.39, 0.29) is 19.1 Å². The lowest BCUT2D eigenvalue weighted by molar-refractivity contribution is -0.139. The number of amides is 1. The number of carbonyl (C=O) groups is 2. The zero-order chi connectivity index (χ0) is 21.7. The van der Waals surface area contributed by atoms with Crippen LogP contribution in [0.5, 0.6) is 0 Å². The summed E-state index contributed by atoms with van der Waals surface area (Å²) in [6.07, 6.45) is 1.42.